The molecule has 4 rings (SSSR count). The first kappa shape index (κ1) is 16.2. The Bertz CT molecular complexity index is 596. The minimum atomic E-state index is -0.474. The fraction of sp³-hybridized carbons (Fsp3) is 0.550. The van der Waals surface area contributed by atoms with Crippen molar-refractivity contribution in [2.45, 2.75) is 51.4 Å². The van der Waals surface area contributed by atoms with Gasteiger partial charge in [0.2, 0.25) is 0 Å². The zero-order valence-electron chi connectivity index (χ0n) is 13.9. The van der Waals surface area contributed by atoms with Gasteiger partial charge in [-0.25, -0.2) is 4.39 Å². The van der Waals surface area contributed by atoms with E-state index in [-0.39, 0.29) is 16.8 Å². The predicted octanol–water partition coefficient (Wildman–Crippen LogP) is 5.32. The van der Waals surface area contributed by atoms with E-state index in [1.807, 2.05) is 6.08 Å². The Hall–Kier alpha value is -1.64. The number of halogens is 1. The lowest BCUT2D eigenvalue weighted by molar-refractivity contribution is -0.00916. The van der Waals surface area contributed by atoms with Crippen molar-refractivity contribution in [1.82, 2.24) is 0 Å². The highest BCUT2D eigenvalue weighted by Crippen LogP contribution is 2.59. The molecular formula is C20H25FO2. The van der Waals surface area contributed by atoms with Crippen LogP contribution >= 0.6 is 0 Å². The lowest BCUT2D eigenvalue weighted by Crippen LogP contribution is -2.42. The van der Waals surface area contributed by atoms with Gasteiger partial charge in [0.15, 0.2) is 5.78 Å². The first-order chi connectivity index (χ1) is 11.0. The predicted molar refractivity (Wildman–Crippen MR) is 89.3 cm³/mol. The maximum atomic E-state index is 14.1. The number of Topliss-reactive ketones (excluding diaryl/α,β-unsaturated/α-hetero) is 1. The summed E-state index contributed by atoms with van der Waals surface area (Å²) in [5.41, 5.74) is 0.721. The number of carbonyl (C=O) groups excluding carboxylic acids is 1. The van der Waals surface area contributed by atoms with E-state index in [2.05, 4.69) is 6.58 Å². The lowest BCUT2D eigenvalue weighted by Gasteiger charge is -2.53. The van der Waals surface area contributed by atoms with Gasteiger partial charge in [-0.05, 0) is 67.9 Å². The minimum Gasteiger partial charge on any atom is -0.497 e. The molecule has 3 heteroatoms. The lowest BCUT2D eigenvalue weighted by atomic mass is 9.51. The monoisotopic (exact) mass is 316 g/mol. The first-order valence-corrected chi connectivity index (χ1v) is 8.49. The molecule has 3 fully saturated rings. The van der Waals surface area contributed by atoms with Crippen LogP contribution in [0.3, 0.4) is 0 Å². The average molecular weight is 316 g/mol. The van der Waals surface area contributed by atoms with Crippen LogP contribution in [0.15, 0.2) is 30.9 Å². The molecule has 3 saturated carbocycles. The number of ketones is 1. The molecule has 0 heterocycles. The Kier molecular flexibility index (Phi) is 4.31. The quantitative estimate of drug-likeness (QED) is 0.524. The number of rotatable bonds is 6. The molecule has 0 amide bonds. The summed E-state index contributed by atoms with van der Waals surface area (Å²) < 4.78 is 19.1. The van der Waals surface area contributed by atoms with Crippen molar-refractivity contribution >= 4 is 5.78 Å². The minimum absolute atomic E-state index is 0.0664. The van der Waals surface area contributed by atoms with E-state index < -0.39 is 5.82 Å². The Morgan fingerprint density at radius 3 is 2.35 bits per heavy atom. The number of benzene rings is 1. The number of methoxy groups -OCH3 is 1. The zero-order valence-corrected chi connectivity index (χ0v) is 13.9. The van der Waals surface area contributed by atoms with Crippen molar-refractivity contribution in [3.63, 3.8) is 0 Å². The molecule has 1 aromatic rings. The highest BCUT2D eigenvalue weighted by Gasteiger charge is 2.48. The summed E-state index contributed by atoms with van der Waals surface area (Å²) >= 11 is 0. The number of carbonyl (C=O) groups is 1. The summed E-state index contributed by atoms with van der Waals surface area (Å²) in [4.78, 5) is 12.6. The highest BCUT2D eigenvalue weighted by atomic mass is 19.1. The van der Waals surface area contributed by atoms with Gasteiger partial charge in [-0.3, -0.25) is 4.79 Å². The SMILES string of the molecule is C=CCC12CCC(CC(=O)c3ccc(OC)cc3F)(CC1)CC2. The molecule has 124 valence electrons. The summed E-state index contributed by atoms with van der Waals surface area (Å²) in [6, 6.07) is 4.51. The van der Waals surface area contributed by atoms with Crippen molar-refractivity contribution < 1.29 is 13.9 Å². The second-order valence-corrected chi connectivity index (χ2v) is 7.44. The van der Waals surface area contributed by atoms with E-state index in [4.69, 9.17) is 4.74 Å². The molecule has 23 heavy (non-hydrogen) atoms. The first-order valence-electron chi connectivity index (χ1n) is 8.49. The summed E-state index contributed by atoms with van der Waals surface area (Å²) in [5.74, 6) is -0.0941. The normalized spacial score (nSPS) is 29.3. The molecule has 3 aliphatic carbocycles. The number of hydrogen-bond donors (Lipinski definition) is 0. The van der Waals surface area contributed by atoms with E-state index in [1.165, 1.54) is 32.4 Å². The van der Waals surface area contributed by atoms with Gasteiger partial charge in [0.05, 0.1) is 12.7 Å². The maximum absolute atomic E-state index is 14.1. The number of fused-ring (bicyclic) bond motifs is 3. The second-order valence-electron chi connectivity index (χ2n) is 7.44. The standard InChI is InChI=1S/C20H25FO2/c1-3-6-19-7-10-20(11-8-19,12-9-19)14-18(22)16-5-4-15(23-2)13-17(16)21/h3-5,13H,1,6-12,14H2,2H3. The maximum Gasteiger partial charge on any atom is 0.166 e. The molecule has 2 bridgehead atoms. The highest BCUT2D eigenvalue weighted by molar-refractivity contribution is 5.96. The molecule has 0 spiro atoms. The Labute approximate surface area is 137 Å². The van der Waals surface area contributed by atoms with Crippen LogP contribution in [0, 0.1) is 16.6 Å². The third kappa shape index (κ3) is 3.06. The Morgan fingerprint density at radius 1 is 1.22 bits per heavy atom. The Morgan fingerprint density at radius 2 is 1.83 bits per heavy atom. The molecular weight excluding hydrogens is 291 g/mol. The van der Waals surface area contributed by atoms with Crippen LogP contribution in [-0.2, 0) is 0 Å². The van der Waals surface area contributed by atoms with E-state index >= 15 is 0 Å². The number of ether oxygens (including phenoxy) is 1. The molecule has 0 saturated heterocycles. The van der Waals surface area contributed by atoms with Crippen molar-refractivity contribution in [2.24, 2.45) is 10.8 Å². The zero-order chi connectivity index (χ0) is 16.5. The summed E-state index contributed by atoms with van der Waals surface area (Å²) in [6.45, 7) is 3.89. The van der Waals surface area contributed by atoms with Crippen molar-refractivity contribution in [2.75, 3.05) is 7.11 Å². The van der Waals surface area contributed by atoms with Crippen LogP contribution < -0.4 is 4.74 Å². The molecule has 0 aromatic heterocycles. The van der Waals surface area contributed by atoms with Gasteiger partial charge in [-0.2, -0.15) is 0 Å². The van der Waals surface area contributed by atoms with Crippen LogP contribution in [-0.4, -0.2) is 12.9 Å². The van der Waals surface area contributed by atoms with Gasteiger partial charge in [0.25, 0.3) is 0 Å². The van der Waals surface area contributed by atoms with Gasteiger partial charge in [-0.15, -0.1) is 6.58 Å². The fourth-order valence-electron chi connectivity index (χ4n) is 4.50. The van der Waals surface area contributed by atoms with Gasteiger partial charge in [-0.1, -0.05) is 6.08 Å². The molecule has 0 aliphatic heterocycles. The van der Waals surface area contributed by atoms with E-state index in [0.29, 0.717) is 17.6 Å². The van der Waals surface area contributed by atoms with Crippen LogP contribution in [0.5, 0.6) is 5.75 Å². The number of allylic oxidation sites excluding steroid dienone is 1. The number of hydrogen-bond acceptors (Lipinski definition) is 2. The van der Waals surface area contributed by atoms with Crippen LogP contribution in [0.1, 0.15) is 61.7 Å². The van der Waals surface area contributed by atoms with E-state index in [9.17, 15) is 9.18 Å². The van der Waals surface area contributed by atoms with Gasteiger partial charge < -0.3 is 4.74 Å². The molecule has 2 nitrogen and oxygen atoms in total. The van der Waals surface area contributed by atoms with Crippen molar-refractivity contribution in [3.05, 3.63) is 42.2 Å². The topological polar surface area (TPSA) is 26.3 Å². The third-order valence-electron chi connectivity index (χ3n) is 6.15. The summed E-state index contributed by atoms with van der Waals surface area (Å²) in [7, 11) is 1.49. The average Bonchev–Trinajstić information content (AvgIpc) is 2.56. The molecule has 1 aromatic carbocycles. The largest absolute Gasteiger partial charge is 0.497 e. The van der Waals surface area contributed by atoms with Crippen LogP contribution in [0.2, 0.25) is 0 Å². The third-order valence-corrected chi connectivity index (χ3v) is 6.15. The fourth-order valence-corrected chi connectivity index (χ4v) is 4.50. The molecule has 0 atom stereocenters. The molecule has 0 unspecified atom stereocenters. The van der Waals surface area contributed by atoms with E-state index in [0.717, 1.165) is 25.7 Å². The summed E-state index contributed by atoms with van der Waals surface area (Å²) in [6.07, 6.45) is 10.4. The van der Waals surface area contributed by atoms with Crippen LogP contribution in [0.4, 0.5) is 4.39 Å². The van der Waals surface area contributed by atoms with Crippen molar-refractivity contribution in [1.29, 1.82) is 0 Å². The van der Waals surface area contributed by atoms with Crippen molar-refractivity contribution in [3.8, 4) is 5.75 Å². The van der Waals surface area contributed by atoms with Gasteiger partial charge in [0, 0.05) is 12.5 Å². The Balaban J connectivity index is 1.71. The molecule has 0 N–H and O–H groups in total. The van der Waals surface area contributed by atoms with Crippen LogP contribution in [0.25, 0.3) is 0 Å². The van der Waals surface area contributed by atoms with Gasteiger partial charge in [0.1, 0.15) is 11.6 Å². The summed E-state index contributed by atoms with van der Waals surface area (Å²) in [5, 5.41) is 0. The second kappa shape index (κ2) is 6.10. The molecule has 3 aliphatic rings. The van der Waals surface area contributed by atoms with Gasteiger partial charge >= 0.3 is 0 Å². The molecule has 0 radical (unpaired) electrons. The van der Waals surface area contributed by atoms with E-state index in [1.54, 1.807) is 12.1 Å². The smallest absolute Gasteiger partial charge is 0.166 e.